The van der Waals surface area contributed by atoms with Crippen LogP contribution in [0.2, 0.25) is 0 Å². The maximum atomic E-state index is 8.65. The first-order valence-corrected chi connectivity index (χ1v) is 6.25. The van der Waals surface area contributed by atoms with Gasteiger partial charge in [0.2, 0.25) is 0 Å². The van der Waals surface area contributed by atoms with Crippen molar-refractivity contribution in [2.45, 2.75) is 25.7 Å². The van der Waals surface area contributed by atoms with Gasteiger partial charge in [0.05, 0.1) is 6.61 Å². The van der Waals surface area contributed by atoms with Gasteiger partial charge in [0.25, 0.3) is 0 Å². The van der Waals surface area contributed by atoms with Crippen LogP contribution in [0, 0.1) is 0 Å². The molecule has 0 saturated carbocycles. The van der Waals surface area contributed by atoms with E-state index in [1.54, 1.807) is 0 Å². The minimum atomic E-state index is 0.297. The van der Waals surface area contributed by atoms with E-state index in [0.717, 1.165) is 43.7 Å². The van der Waals surface area contributed by atoms with Crippen LogP contribution in [0.5, 0.6) is 5.75 Å². The van der Waals surface area contributed by atoms with Gasteiger partial charge in [-0.15, -0.1) is 0 Å². The van der Waals surface area contributed by atoms with E-state index >= 15 is 0 Å². The number of ether oxygens (including phenoxy) is 1. The summed E-state index contributed by atoms with van der Waals surface area (Å²) in [5.41, 5.74) is 1.16. The smallest absolute Gasteiger partial charge is 0.121 e. The van der Waals surface area contributed by atoms with Crippen LogP contribution in [0.3, 0.4) is 0 Å². The maximum Gasteiger partial charge on any atom is 0.121 e. The lowest BCUT2D eigenvalue weighted by Crippen LogP contribution is -2.08. The Morgan fingerprint density at radius 3 is 2.59 bits per heavy atom. The molecule has 0 aliphatic rings. The topological polar surface area (TPSA) is 32.7 Å². The van der Waals surface area contributed by atoms with Crippen molar-refractivity contribution in [2.24, 2.45) is 0 Å². The number of unbranched alkanes of at least 4 members (excludes halogenated alkanes) is 3. The Bertz CT molecular complexity index is 313. The molecule has 0 aliphatic heterocycles. The molecule has 1 rings (SSSR count). The highest BCUT2D eigenvalue weighted by atomic mass is 16.5. The quantitative estimate of drug-likeness (QED) is 0.706. The Morgan fingerprint density at radius 1 is 1.12 bits per heavy atom. The van der Waals surface area contributed by atoms with Crippen LogP contribution in [0.1, 0.15) is 25.7 Å². The second-order valence-corrected chi connectivity index (χ2v) is 4.38. The SMILES string of the molecule is CN(C)c1cccc(OCCCCCCO)c1. The summed E-state index contributed by atoms with van der Waals surface area (Å²) in [6, 6.07) is 8.11. The molecule has 1 N–H and O–H groups in total. The van der Waals surface area contributed by atoms with Crippen LogP contribution in [-0.4, -0.2) is 32.4 Å². The van der Waals surface area contributed by atoms with Gasteiger partial charge in [0, 0.05) is 32.5 Å². The van der Waals surface area contributed by atoms with Crippen LogP contribution in [0.25, 0.3) is 0 Å². The van der Waals surface area contributed by atoms with Gasteiger partial charge in [0.1, 0.15) is 5.75 Å². The second-order valence-electron chi connectivity index (χ2n) is 4.38. The first kappa shape index (κ1) is 13.8. The van der Waals surface area contributed by atoms with E-state index in [1.807, 2.05) is 32.3 Å². The molecular formula is C14H23NO2. The molecule has 0 bridgehead atoms. The average Bonchev–Trinajstić information content (AvgIpc) is 2.34. The lowest BCUT2D eigenvalue weighted by molar-refractivity contribution is 0.273. The van der Waals surface area contributed by atoms with Gasteiger partial charge in [-0.25, -0.2) is 0 Å². The van der Waals surface area contributed by atoms with Crippen molar-refractivity contribution >= 4 is 5.69 Å². The van der Waals surface area contributed by atoms with Gasteiger partial charge in [-0.05, 0) is 31.4 Å². The van der Waals surface area contributed by atoms with E-state index in [9.17, 15) is 0 Å². The Kier molecular flexibility index (Phi) is 6.48. The molecule has 0 heterocycles. The molecular weight excluding hydrogens is 214 g/mol. The van der Waals surface area contributed by atoms with E-state index in [0.29, 0.717) is 6.61 Å². The van der Waals surface area contributed by atoms with E-state index in [-0.39, 0.29) is 0 Å². The molecule has 0 atom stereocenters. The minimum Gasteiger partial charge on any atom is -0.494 e. The standard InChI is InChI=1S/C14H23NO2/c1-15(2)13-8-7-9-14(12-13)17-11-6-4-3-5-10-16/h7-9,12,16H,3-6,10-11H2,1-2H3. The minimum absolute atomic E-state index is 0.297. The number of hydrogen-bond donors (Lipinski definition) is 1. The number of rotatable bonds is 8. The van der Waals surface area contributed by atoms with E-state index in [4.69, 9.17) is 9.84 Å². The van der Waals surface area contributed by atoms with Crippen molar-refractivity contribution < 1.29 is 9.84 Å². The zero-order chi connectivity index (χ0) is 12.5. The van der Waals surface area contributed by atoms with Crippen molar-refractivity contribution in [3.63, 3.8) is 0 Å². The monoisotopic (exact) mass is 237 g/mol. The Labute approximate surface area is 104 Å². The highest BCUT2D eigenvalue weighted by Crippen LogP contribution is 2.19. The molecule has 0 unspecified atom stereocenters. The summed E-state index contributed by atoms with van der Waals surface area (Å²) in [5, 5.41) is 8.65. The van der Waals surface area contributed by atoms with Crippen molar-refractivity contribution in [2.75, 3.05) is 32.2 Å². The van der Waals surface area contributed by atoms with Crippen LogP contribution >= 0.6 is 0 Å². The first-order valence-electron chi connectivity index (χ1n) is 6.25. The Balaban J connectivity index is 2.24. The number of hydrogen-bond acceptors (Lipinski definition) is 3. The van der Waals surface area contributed by atoms with Crippen molar-refractivity contribution in [3.05, 3.63) is 24.3 Å². The fourth-order valence-corrected chi connectivity index (χ4v) is 1.61. The van der Waals surface area contributed by atoms with Gasteiger partial charge in [-0.1, -0.05) is 12.5 Å². The van der Waals surface area contributed by atoms with Crippen LogP contribution in [0.15, 0.2) is 24.3 Å². The third kappa shape index (κ3) is 5.59. The third-order valence-corrected chi connectivity index (χ3v) is 2.66. The fourth-order valence-electron chi connectivity index (χ4n) is 1.61. The molecule has 3 nitrogen and oxygen atoms in total. The number of aliphatic hydroxyl groups excluding tert-OH is 1. The summed E-state index contributed by atoms with van der Waals surface area (Å²) in [7, 11) is 4.04. The molecule has 0 radical (unpaired) electrons. The molecule has 96 valence electrons. The molecule has 1 aromatic rings. The summed E-state index contributed by atoms with van der Waals surface area (Å²) < 4.78 is 5.69. The summed E-state index contributed by atoms with van der Waals surface area (Å²) in [6.07, 6.45) is 4.15. The number of anilines is 1. The molecule has 0 fully saturated rings. The van der Waals surface area contributed by atoms with Gasteiger partial charge >= 0.3 is 0 Å². The van der Waals surface area contributed by atoms with Gasteiger partial charge < -0.3 is 14.7 Å². The zero-order valence-electron chi connectivity index (χ0n) is 10.9. The van der Waals surface area contributed by atoms with E-state index < -0.39 is 0 Å². The second kappa shape index (κ2) is 7.96. The molecule has 17 heavy (non-hydrogen) atoms. The van der Waals surface area contributed by atoms with Crippen molar-refractivity contribution in [3.8, 4) is 5.75 Å². The van der Waals surface area contributed by atoms with E-state index in [2.05, 4.69) is 11.0 Å². The molecule has 0 amide bonds. The van der Waals surface area contributed by atoms with Gasteiger partial charge in [-0.2, -0.15) is 0 Å². The van der Waals surface area contributed by atoms with Crippen LogP contribution in [0.4, 0.5) is 5.69 Å². The highest BCUT2D eigenvalue weighted by Gasteiger charge is 1.98. The molecule has 3 heteroatoms. The molecule has 0 saturated heterocycles. The Morgan fingerprint density at radius 2 is 1.88 bits per heavy atom. The van der Waals surface area contributed by atoms with Gasteiger partial charge in [0.15, 0.2) is 0 Å². The molecule has 0 aromatic heterocycles. The predicted octanol–water partition coefficient (Wildman–Crippen LogP) is 2.68. The fraction of sp³-hybridized carbons (Fsp3) is 0.571. The average molecular weight is 237 g/mol. The number of aliphatic hydroxyl groups is 1. The normalized spacial score (nSPS) is 10.3. The zero-order valence-corrected chi connectivity index (χ0v) is 10.9. The molecule has 0 spiro atoms. The van der Waals surface area contributed by atoms with Crippen LogP contribution < -0.4 is 9.64 Å². The van der Waals surface area contributed by atoms with E-state index in [1.165, 1.54) is 0 Å². The summed E-state index contributed by atoms with van der Waals surface area (Å²) in [4.78, 5) is 2.06. The van der Waals surface area contributed by atoms with Gasteiger partial charge in [-0.3, -0.25) is 0 Å². The third-order valence-electron chi connectivity index (χ3n) is 2.66. The Hall–Kier alpha value is -1.22. The summed E-state index contributed by atoms with van der Waals surface area (Å²) in [6.45, 7) is 1.05. The lowest BCUT2D eigenvalue weighted by Gasteiger charge is -2.14. The van der Waals surface area contributed by atoms with Crippen molar-refractivity contribution in [1.82, 2.24) is 0 Å². The number of nitrogens with zero attached hydrogens (tertiary/aromatic N) is 1. The molecule has 1 aromatic carbocycles. The summed E-state index contributed by atoms with van der Waals surface area (Å²) >= 11 is 0. The molecule has 0 aliphatic carbocycles. The predicted molar refractivity (Wildman–Crippen MR) is 71.8 cm³/mol. The van der Waals surface area contributed by atoms with Crippen molar-refractivity contribution in [1.29, 1.82) is 0 Å². The summed E-state index contributed by atoms with van der Waals surface area (Å²) in [5.74, 6) is 0.929. The number of benzene rings is 1. The van der Waals surface area contributed by atoms with Crippen LogP contribution in [-0.2, 0) is 0 Å². The maximum absolute atomic E-state index is 8.65. The first-order chi connectivity index (χ1) is 8.24. The highest BCUT2D eigenvalue weighted by molar-refractivity contribution is 5.49. The largest absolute Gasteiger partial charge is 0.494 e. The lowest BCUT2D eigenvalue weighted by atomic mass is 10.2.